The van der Waals surface area contributed by atoms with E-state index in [4.69, 9.17) is 9.72 Å². The molecule has 0 bridgehead atoms. The van der Waals surface area contributed by atoms with Crippen LogP contribution in [0.2, 0.25) is 0 Å². The van der Waals surface area contributed by atoms with Gasteiger partial charge in [-0.2, -0.15) is 0 Å². The lowest BCUT2D eigenvalue weighted by Crippen LogP contribution is -2.33. The van der Waals surface area contributed by atoms with E-state index in [-0.39, 0.29) is 17.5 Å². The highest BCUT2D eigenvalue weighted by molar-refractivity contribution is 5.59. The van der Waals surface area contributed by atoms with Crippen molar-refractivity contribution in [3.63, 3.8) is 0 Å². The first-order chi connectivity index (χ1) is 13.6. The van der Waals surface area contributed by atoms with Crippen LogP contribution in [-0.2, 0) is 11.8 Å². The summed E-state index contributed by atoms with van der Waals surface area (Å²) in [5.74, 6) is 0.322. The molecule has 2 aromatic heterocycles. The van der Waals surface area contributed by atoms with Gasteiger partial charge in [-0.15, -0.1) is 0 Å². The minimum atomic E-state index is -0.313. The molecule has 0 saturated carbocycles. The first-order valence-corrected chi connectivity index (χ1v) is 9.23. The molecule has 144 valence electrons. The van der Waals surface area contributed by atoms with E-state index < -0.39 is 0 Å². The Morgan fingerprint density at radius 2 is 1.93 bits per heavy atom. The summed E-state index contributed by atoms with van der Waals surface area (Å²) in [4.78, 5) is 23.2. The monoisotopic (exact) mass is 380 g/mol. The SMILES string of the molecule is Cn1c(N2CCOC(c3ccccc3F)CC2)nc(-c2ccncc2)cc1=O. The zero-order valence-corrected chi connectivity index (χ0v) is 15.6. The van der Waals surface area contributed by atoms with Crippen molar-refractivity contribution in [3.8, 4) is 11.3 Å². The van der Waals surface area contributed by atoms with Crippen LogP contribution in [0.15, 0.2) is 59.7 Å². The van der Waals surface area contributed by atoms with Gasteiger partial charge in [0.15, 0.2) is 0 Å². The van der Waals surface area contributed by atoms with Crippen molar-refractivity contribution in [2.45, 2.75) is 12.5 Å². The minimum absolute atomic E-state index is 0.132. The number of anilines is 1. The largest absolute Gasteiger partial charge is 0.372 e. The lowest BCUT2D eigenvalue weighted by Gasteiger charge is -2.23. The van der Waals surface area contributed by atoms with Crippen molar-refractivity contribution < 1.29 is 9.13 Å². The third-order valence-electron chi connectivity index (χ3n) is 4.96. The van der Waals surface area contributed by atoms with Crippen LogP contribution < -0.4 is 10.5 Å². The van der Waals surface area contributed by atoms with Gasteiger partial charge in [-0.1, -0.05) is 18.2 Å². The fourth-order valence-electron chi connectivity index (χ4n) is 3.44. The molecule has 0 amide bonds. The fraction of sp³-hybridized carbons (Fsp3) is 0.286. The van der Waals surface area contributed by atoms with Crippen LogP contribution in [0.25, 0.3) is 11.3 Å². The molecule has 1 aliphatic rings. The second-order valence-corrected chi connectivity index (χ2v) is 6.73. The maximum atomic E-state index is 14.1. The number of hydrogen-bond donors (Lipinski definition) is 0. The summed E-state index contributed by atoms with van der Waals surface area (Å²) in [6.45, 7) is 1.61. The van der Waals surface area contributed by atoms with Gasteiger partial charge in [0, 0.05) is 49.7 Å². The van der Waals surface area contributed by atoms with Gasteiger partial charge in [0.05, 0.1) is 18.4 Å². The van der Waals surface area contributed by atoms with E-state index in [1.165, 1.54) is 16.7 Å². The molecule has 4 rings (SSSR count). The molecule has 7 heteroatoms. The number of benzene rings is 1. The standard InChI is InChI=1S/C21H21FN4O2/c1-25-20(27)14-18(15-6-9-23-10-7-15)24-21(25)26-11-8-19(28-13-12-26)16-4-2-3-5-17(16)22/h2-7,9-10,14,19H,8,11-13H2,1H3. The Bertz CT molecular complexity index is 1020. The summed E-state index contributed by atoms with van der Waals surface area (Å²) in [6, 6.07) is 11.9. The van der Waals surface area contributed by atoms with Crippen LogP contribution >= 0.6 is 0 Å². The van der Waals surface area contributed by atoms with Crippen molar-refractivity contribution in [2.75, 3.05) is 24.6 Å². The number of hydrogen-bond acceptors (Lipinski definition) is 5. The molecule has 1 saturated heterocycles. The predicted octanol–water partition coefficient (Wildman–Crippen LogP) is 2.95. The number of rotatable bonds is 3. The summed E-state index contributed by atoms with van der Waals surface area (Å²) in [6.07, 6.45) is 3.64. The maximum Gasteiger partial charge on any atom is 0.255 e. The highest BCUT2D eigenvalue weighted by Crippen LogP contribution is 2.27. The van der Waals surface area contributed by atoms with Gasteiger partial charge >= 0.3 is 0 Å². The van der Waals surface area contributed by atoms with E-state index in [2.05, 4.69) is 4.98 Å². The van der Waals surface area contributed by atoms with Crippen molar-refractivity contribution in [2.24, 2.45) is 7.05 Å². The zero-order chi connectivity index (χ0) is 19.5. The Balaban J connectivity index is 1.62. The highest BCUT2D eigenvalue weighted by Gasteiger charge is 2.23. The maximum absolute atomic E-state index is 14.1. The Labute approximate surface area is 162 Å². The molecule has 1 aromatic carbocycles. The third-order valence-corrected chi connectivity index (χ3v) is 4.96. The van der Waals surface area contributed by atoms with E-state index in [0.29, 0.717) is 43.3 Å². The van der Waals surface area contributed by atoms with Crippen LogP contribution in [0.4, 0.5) is 10.3 Å². The van der Waals surface area contributed by atoms with E-state index in [1.807, 2.05) is 23.1 Å². The Hall–Kier alpha value is -3.06. The molecule has 0 aliphatic carbocycles. The Kier molecular flexibility index (Phi) is 5.16. The van der Waals surface area contributed by atoms with Crippen LogP contribution in [0.3, 0.4) is 0 Å². The number of pyridine rings is 1. The molecule has 0 N–H and O–H groups in total. The first-order valence-electron chi connectivity index (χ1n) is 9.23. The molecule has 3 aromatic rings. The molecule has 6 nitrogen and oxygen atoms in total. The molecule has 0 spiro atoms. The number of nitrogens with zero attached hydrogens (tertiary/aromatic N) is 4. The average molecular weight is 380 g/mol. The van der Waals surface area contributed by atoms with Gasteiger partial charge in [0.2, 0.25) is 5.95 Å². The predicted molar refractivity (Wildman–Crippen MR) is 105 cm³/mol. The van der Waals surface area contributed by atoms with E-state index in [1.54, 1.807) is 31.6 Å². The second kappa shape index (κ2) is 7.90. The van der Waals surface area contributed by atoms with Crippen molar-refractivity contribution >= 4 is 5.95 Å². The van der Waals surface area contributed by atoms with Crippen LogP contribution in [0.5, 0.6) is 0 Å². The fourth-order valence-corrected chi connectivity index (χ4v) is 3.44. The molecule has 1 atom stereocenters. The van der Waals surface area contributed by atoms with E-state index >= 15 is 0 Å². The van der Waals surface area contributed by atoms with Gasteiger partial charge in [-0.05, 0) is 24.6 Å². The molecule has 1 unspecified atom stereocenters. The van der Waals surface area contributed by atoms with Crippen LogP contribution in [0.1, 0.15) is 18.1 Å². The van der Waals surface area contributed by atoms with Gasteiger partial charge in [0.1, 0.15) is 5.82 Å². The second-order valence-electron chi connectivity index (χ2n) is 6.73. The third kappa shape index (κ3) is 3.66. The molecule has 0 radical (unpaired) electrons. The number of ether oxygens (including phenoxy) is 1. The quantitative estimate of drug-likeness (QED) is 0.699. The highest BCUT2D eigenvalue weighted by atomic mass is 19.1. The summed E-state index contributed by atoms with van der Waals surface area (Å²) in [5, 5.41) is 0. The lowest BCUT2D eigenvalue weighted by molar-refractivity contribution is 0.0621. The van der Waals surface area contributed by atoms with E-state index in [0.717, 1.165) is 5.56 Å². The smallest absolute Gasteiger partial charge is 0.255 e. The number of aromatic nitrogens is 3. The van der Waals surface area contributed by atoms with E-state index in [9.17, 15) is 9.18 Å². The minimum Gasteiger partial charge on any atom is -0.372 e. The molecular weight excluding hydrogens is 359 g/mol. The molecule has 28 heavy (non-hydrogen) atoms. The molecular formula is C21H21FN4O2. The van der Waals surface area contributed by atoms with Gasteiger partial charge in [-0.3, -0.25) is 14.3 Å². The van der Waals surface area contributed by atoms with Gasteiger partial charge < -0.3 is 9.64 Å². The van der Waals surface area contributed by atoms with Crippen molar-refractivity contribution in [3.05, 3.63) is 76.6 Å². The number of halogens is 1. The Morgan fingerprint density at radius 1 is 1.14 bits per heavy atom. The molecule has 3 heterocycles. The summed E-state index contributed by atoms with van der Waals surface area (Å²) >= 11 is 0. The lowest BCUT2D eigenvalue weighted by atomic mass is 10.1. The summed E-state index contributed by atoms with van der Waals surface area (Å²) in [5.41, 5.74) is 1.88. The van der Waals surface area contributed by atoms with Crippen molar-refractivity contribution in [1.82, 2.24) is 14.5 Å². The summed E-state index contributed by atoms with van der Waals surface area (Å²) in [7, 11) is 1.71. The van der Waals surface area contributed by atoms with Crippen molar-refractivity contribution in [1.29, 1.82) is 0 Å². The Morgan fingerprint density at radius 3 is 2.71 bits per heavy atom. The average Bonchev–Trinajstić information content (AvgIpc) is 2.97. The zero-order valence-electron chi connectivity index (χ0n) is 15.6. The van der Waals surface area contributed by atoms with Gasteiger partial charge in [-0.25, -0.2) is 9.37 Å². The first kappa shape index (κ1) is 18.3. The molecule has 1 fully saturated rings. The summed E-state index contributed by atoms with van der Waals surface area (Å²) < 4.78 is 21.6. The van der Waals surface area contributed by atoms with Crippen LogP contribution in [0, 0.1) is 5.82 Å². The topological polar surface area (TPSA) is 60.2 Å². The molecule has 1 aliphatic heterocycles. The normalized spacial score (nSPS) is 17.4. The van der Waals surface area contributed by atoms with Gasteiger partial charge in [0.25, 0.3) is 5.56 Å². The van der Waals surface area contributed by atoms with Crippen LogP contribution in [-0.4, -0.2) is 34.2 Å².